The van der Waals surface area contributed by atoms with Crippen LogP contribution in [-0.4, -0.2) is 24.9 Å². The van der Waals surface area contributed by atoms with E-state index in [1.807, 2.05) is 6.92 Å². The zero-order valence-corrected chi connectivity index (χ0v) is 8.99. The molecule has 0 aliphatic rings. The Kier molecular flexibility index (Phi) is 5.37. The Morgan fingerprint density at radius 2 is 1.78 bits per heavy atom. The van der Waals surface area contributed by atoms with Crippen molar-refractivity contribution >= 4 is 18.3 Å². The summed E-state index contributed by atoms with van der Waals surface area (Å²) in [6.07, 6.45) is 0. The van der Waals surface area contributed by atoms with Crippen LogP contribution < -0.4 is 0 Å². The highest BCUT2D eigenvalue weighted by Crippen LogP contribution is 1.91. The fourth-order valence-corrected chi connectivity index (χ4v) is 4.51. The third kappa shape index (κ3) is 6.24. The summed E-state index contributed by atoms with van der Waals surface area (Å²) in [5.74, 6) is 0. The predicted molar refractivity (Wildman–Crippen MR) is 44.6 cm³/mol. The van der Waals surface area contributed by atoms with Crippen molar-refractivity contribution in [2.45, 2.75) is 26.6 Å². The predicted octanol–water partition coefficient (Wildman–Crippen LogP) is 0.873. The first kappa shape index (κ1) is 9.35. The van der Waals surface area contributed by atoms with Crippen molar-refractivity contribution in [2.24, 2.45) is 0 Å². The normalized spacial score (nSPS) is 14.3. The fraction of sp³-hybridized carbons (Fsp3) is 1.00. The Hall–Kier alpha value is 0.354. The number of hydrogen-bond donors (Lipinski definition) is 0. The molecular formula is C5H16O2Si2. The van der Waals surface area contributed by atoms with Crippen LogP contribution >= 0.6 is 0 Å². The van der Waals surface area contributed by atoms with Crippen molar-refractivity contribution in [3.63, 3.8) is 0 Å². The highest BCUT2D eigenvalue weighted by Gasteiger charge is 2.05. The highest BCUT2D eigenvalue weighted by atomic mass is 28.4. The van der Waals surface area contributed by atoms with Gasteiger partial charge >= 0.3 is 9.28 Å². The molecule has 0 saturated carbocycles. The third-order valence-electron chi connectivity index (χ3n) is 0.865. The highest BCUT2D eigenvalue weighted by molar-refractivity contribution is 6.60. The second-order valence-corrected chi connectivity index (χ2v) is 6.86. The van der Waals surface area contributed by atoms with Gasteiger partial charge in [-0.2, -0.15) is 0 Å². The van der Waals surface area contributed by atoms with Gasteiger partial charge in [0.15, 0.2) is 9.04 Å². The molecule has 0 rings (SSSR count). The molecule has 4 heteroatoms. The van der Waals surface area contributed by atoms with Gasteiger partial charge < -0.3 is 8.54 Å². The number of hydrogen-bond acceptors (Lipinski definition) is 2. The van der Waals surface area contributed by atoms with E-state index < -0.39 is 18.3 Å². The van der Waals surface area contributed by atoms with E-state index in [4.69, 9.17) is 8.54 Å². The molecule has 0 bridgehead atoms. The second-order valence-electron chi connectivity index (χ2n) is 2.21. The van der Waals surface area contributed by atoms with Crippen LogP contribution in [0.2, 0.25) is 19.6 Å². The van der Waals surface area contributed by atoms with Crippen LogP contribution in [0.25, 0.3) is 0 Å². The standard InChI is InChI=1S/C5H16O2Si2/c1-5-6-9(4)7-8(2)3/h8-9H,5H2,1-4H3. The molecule has 0 radical (unpaired) electrons. The molecule has 56 valence electrons. The van der Waals surface area contributed by atoms with Crippen molar-refractivity contribution < 1.29 is 8.54 Å². The summed E-state index contributed by atoms with van der Waals surface area (Å²) >= 11 is 0. The topological polar surface area (TPSA) is 18.5 Å². The van der Waals surface area contributed by atoms with Gasteiger partial charge in [-0.1, -0.05) is 0 Å². The van der Waals surface area contributed by atoms with Crippen LogP contribution in [0.1, 0.15) is 6.92 Å². The molecule has 0 fully saturated rings. The van der Waals surface area contributed by atoms with Gasteiger partial charge in [0.25, 0.3) is 0 Å². The molecule has 1 atom stereocenters. The van der Waals surface area contributed by atoms with Gasteiger partial charge in [0.2, 0.25) is 0 Å². The molecular weight excluding hydrogens is 148 g/mol. The van der Waals surface area contributed by atoms with Crippen molar-refractivity contribution in [3.05, 3.63) is 0 Å². The first-order valence-corrected chi connectivity index (χ1v) is 8.31. The maximum absolute atomic E-state index is 5.55. The average molecular weight is 164 g/mol. The average Bonchev–Trinajstić information content (AvgIpc) is 1.63. The molecule has 0 aromatic heterocycles. The second kappa shape index (κ2) is 5.16. The van der Waals surface area contributed by atoms with Crippen LogP contribution in [0.5, 0.6) is 0 Å². The summed E-state index contributed by atoms with van der Waals surface area (Å²) < 4.78 is 10.9. The smallest absolute Gasteiger partial charge is 0.307 e. The fourth-order valence-electron chi connectivity index (χ4n) is 0.657. The van der Waals surface area contributed by atoms with Crippen LogP contribution in [-0.2, 0) is 8.54 Å². The van der Waals surface area contributed by atoms with E-state index in [1.54, 1.807) is 0 Å². The summed E-state index contributed by atoms with van der Waals surface area (Å²) in [5, 5.41) is 0. The lowest BCUT2D eigenvalue weighted by atomic mass is 10.9. The van der Waals surface area contributed by atoms with Crippen molar-refractivity contribution in [1.29, 1.82) is 0 Å². The van der Waals surface area contributed by atoms with Crippen molar-refractivity contribution in [2.75, 3.05) is 6.61 Å². The largest absolute Gasteiger partial charge is 0.441 e. The summed E-state index contributed by atoms with van der Waals surface area (Å²) in [5.41, 5.74) is 0. The van der Waals surface area contributed by atoms with Gasteiger partial charge in [-0.25, -0.2) is 0 Å². The minimum absolute atomic E-state index is 0.800. The molecule has 9 heavy (non-hydrogen) atoms. The Bertz CT molecular complexity index is 68.0. The first-order chi connectivity index (χ1) is 4.16. The van der Waals surface area contributed by atoms with Crippen LogP contribution in [0.4, 0.5) is 0 Å². The Morgan fingerprint density at radius 1 is 1.22 bits per heavy atom. The van der Waals surface area contributed by atoms with Gasteiger partial charge in [-0.05, 0) is 26.6 Å². The van der Waals surface area contributed by atoms with E-state index in [1.165, 1.54) is 0 Å². The Balaban J connectivity index is 3.15. The minimum Gasteiger partial charge on any atom is -0.441 e. The lowest BCUT2D eigenvalue weighted by Crippen LogP contribution is -2.24. The van der Waals surface area contributed by atoms with Crippen molar-refractivity contribution in [1.82, 2.24) is 0 Å². The first-order valence-electron chi connectivity index (χ1n) is 3.43. The molecule has 0 saturated heterocycles. The van der Waals surface area contributed by atoms with E-state index in [9.17, 15) is 0 Å². The van der Waals surface area contributed by atoms with Crippen LogP contribution in [0.15, 0.2) is 0 Å². The number of rotatable bonds is 4. The summed E-state index contributed by atoms with van der Waals surface area (Å²) in [6.45, 7) is 9.23. The lowest BCUT2D eigenvalue weighted by molar-refractivity contribution is 0.289. The molecule has 0 N–H and O–H groups in total. The van der Waals surface area contributed by atoms with Gasteiger partial charge in [0.1, 0.15) is 0 Å². The van der Waals surface area contributed by atoms with Gasteiger partial charge in [-0.3, -0.25) is 0 Å². The Labute approximate surface area is 60.8 Å². The SMILES string of the molecule is CCO[SiH](C)O[SiH](C)C. The molecule has 0 aromatic rings. The van der Waals surface area contributed by atoms with E-state index in [-0.39, 0.29) is 0 Å². The molecule has 0 heterocycles. The molecule has 2 nitrogen and oxygen atoms in total. The Morgan fingerprint density at radius 3 is 2.11 bits per heavy atom. The molecule has 0 aliphatic carbocycles. The van der Waals surface area contributed by atoms with Crippen LogP contribution in [0.3, 0.4) is 0 Å². The third-order valence-corrected chi connectivity index (χ3v) is 5.38. The zero-order chi connectivity index (χ0) is 7.28. The van der Waals surface area contributed by atoms with Gasteiger partial charge in [-0.15, -0.1) is 0 Å². The van der Waals surface area contributed by atoms with E-state index in [0.29, 0.717) is 0 Å². The van der Waals surface area contributed by atoms with E-state index in [2.05, 4.69) is 19.6 Å². The molecule has 1 unspecified atom stereocenters. The lowest BCUT2D eigenvalue weighted by Gasteiger charge is -2.13. The molecule has 0 amide bonds. The van der Waals surface area contributed by atoms with E-state index in [0.717, 1.165) is 6.61 Å². The maximum atomic E-state index is 5.55. The minimum atomic E-state index is -1.20. The maximum Gasteiger partial charge on any atom is 0.307 e. The zero-order valence-electron chi connectivity index (χ0n) is 6.68. The monoisotopic (exact) mass is 164 g/mol. The van der Waals surface area contributed by atoms with Gasteiger partial charge in [0, 0.05) is 6.61 Å². The molecule has 0 aliphatic heterocycles. The summed E-state index contributed by atoms with van der Waals surface area (Å²) in [4.78, 5) is 0. The molecule has 0 spiro atoms. The van der Waals surface area contributed by atoms with Crippen LogP contribution in [0, 0.1) is 0 Å². The molecule has 0 aromatic carbocycles. The van der Waals surface area contributed by atoms with Crippen molar-refractivity contribution in [3.8, 4) is 0 Å². The van der Waals surface area contributed by atoms with E-state index >= 15 is 0 Å². The quantitative estimate of drug-likeness (QED) is 0.574. The van der Waals surface area contributed by atoms with Gasteiger partial charge in [0.05, 0.1) is 0 Å². The summed E-state index contributed by atoms with van der Waals surface area (Å²) in [7, 11) is -2.02. The summed E-state index contributed by atoms with van der Waals surface area (Å²) in [6, 6.07) is 0.